The minimum atomic E-state index is -0.0797. The maximum Gasteiger partial charge on any atom is 0.255 e. The third-order valence-electron chi connectivity index (χ3n) is 2.51. The van der Waals surface area contributed by atoms with Crippen molar-refractivity contribution in [2.75, 3.05) is 7.05 Å². The number of amides is 1. The molecule has 0 aliphatic heterocycles. The summed E-state index contributed by atoms with van der Waals surface area (Å²) in [6.45, 7) is 0.440. The summed E-state index contributed by atoms with van der Waals surface area (Å²) in [5.41, 5.74) is 0.579. The van der Waals surface area contributed by atoms with Gasteiger partial charge in [0.15, 0.2) is 0 Å². The average molecular weight is 326 g/mol. The number of furan rings is 1. The highest BCUT2D eigenvalue weighted by atomic mass is 79.9. The van der Waals surface area contributed by atoms with E-state index in [0.717, 1.165) is 10.2 Å². The Bertz CT molecular complexity index is 554. The Morgan fingerprint density at radius 2 is 2.22 bits per heavy atom. The molecule has 1 aromatic heterocycles. The van der Waals surface area contributed by atoms with Gasteiger partial charge in [-0.25, -0.2) is 0 Å². The minimum Gasteiger partial charge on any atom is -0.467 e. The minimum absolute atomic E-state index is 0.0797. The lowest BCUT2D eigenvalue weighted by Crippen LogP contribution is -2.26. The summed E-state index contributed by atoms with van der Waals surface area (Å²) in [5.74, 6) is 0.674. The predicted molar refractivity (Wildman–Crippen MR) is 75.9 cm³/mol. The van der Waals surface area contributed by atoms with Gasteiger partial charge < -0.3 is 9.32 Å². The van der Waals surface area contributed by atoms with E-state index in [1.54, 1.807) is 36.4 Å². The van der Waals surface area contributed by atoms with Crippen LogP contribution < -0.4 is 0 Å². The van der Waals surface area contributed by atoms with Crippen LogP contribution in [0.25, 0.3) is 0 Å². The van der Waals surface area contributed by atoms with E-state index in [2.05, 4.69) is 28.6 Å². The molecule has 3 nitrogen and oxygen atoms in total. The molecule has 1 amide bonds. The Balaban J connectivity index is 2.15. The second-order valence-corrected chi connectivity index (χ2v) is 5.30. The van der Waals surface area contributed by atoms with Crippen molar-refractivity contribution in [1.29, 1.82) is 0 Å². The summed E-state index contributed by atoms with van der Waals surface area (Å²) in [7, 11) is 1.74. The number of halogens is 1. The van der Waals surface area contributed by atoms with Crippen LogP contribution in [-0.2, 0) is 6.54 Å². The molecule has 0 bridgehead atoms. The van der Waals surface area contributed by atoms with Gasteiger partial charge in [-0.05, 0) is 30.3 Å². The van der Waals surface area contributed by atoms with Crippen LogP contribution in [0, 0.1) is 0 Å². The first kappa shape index (κ1) is 13.2. The lowest BCUT2D eigenvalue weighted by molar-refractivity contribution is 0.0772. The number of nitrogens with zero attached hydrogens (tertiary/aromatic N) is 1. The second-order valence-electron chi connectivity index (χ2n) is 3.90. The van der Waals surface area contributed by atoms with E-state index in [1.165, 1.54) is 0 Å². The fourth-order valence-corrected chi connectivity index (χ4v) is 2.45. The molecule has 0 saturated carbocycles. The Labute approximate surface area is 119 Å². The van der Waals surface area contributed by atoms with Crippen LogP contribution in [0.1, 0.15) is 16.1 Å². The van der Waals surface area contributed by atoms with Crippen LogP contribution in [0.3, 0.4) is 0 Å². The molecule has 0 aliphatic rings. The number of thiol groups is 1. The molecule has 0 unspecified atom stereocenters. The third kappa shape index (κ3) is 2.97. The van der Waals surface area contributed by atoms with Crippen LogP contribution >= 0.6 is 28.6 Å². The van der Waals surface area contributed by atoms with Crippen LogP contribution in [0.4, 0.5) is 0 Å². The van der Waals surface area contributed by atoms with Crippen LogP contribution in [-0.4, -0.2) is 17.9 Å². The van der Waals surface area contributed by atoms with Gasteiger partial charge >= 0.3 is 0 Å². The molecule has 0 spiro atoms. The largest absolute Gasteiger partial charge is 0.467 e. The topological polar surface area (TPSA) is 33.5 Å². The summed E-state index contributed by atoms with van der Waals surface area (Å²) in [6.07, 6.45) is 1.59. The third-order valence-corrected chi connectivity index (χ3v) is 3.37. The zero-order valence-electron chi connectivity index (χ0n) is 9.76. The van der Waals surface area contributed by atoms with Crippen molar-refractivity contribution in [3.63, 3.8) is 0 Å². The number of rotatable bonds is 3. The zero-order chi connectivity index (χ0) is 13.1. The van der Waals surface area contributed by atoms with Gasteiger partial charge in [0.1, 0.15) is 5.76 Å². The molecule has 94 valence electrons. The molecule has 18 heavy (non-hydrogen) atoms. The lowest BCUT2D eigenvalue weighted by atomic mass is 10.2. The van der Waals surface area contributed by atoms with Crippen molar-refractivity contribution in [1.82, 2.24) is 4.90 Å². The van der Waals surface area contributed by atoms with E-state index < -0.39 is 0 Å². The molecule has 0 fully saturated rings. The monoisotopic (exact) mass is 325 g/mol. The van der Waals surface area contributed by atoms with Crippen molar-refractivity contribution in [2.45, 2.75) is 11.4 Å². The summed E-state index contributed by atoms with van der Waals surface area (Å²) < 4.78 is 6.12. The first-order chi connectivity index (χ1) is 8.58. The quantitative estimate of drug-likeness (QED) is 0.875. The summed E-state index contributed by atoms with van der Waals surface area (Å²) in [6, 6.07) is 9.03. The Kier molecular flexibility index (Phi) is 4.14. The van der Waals surface area contributed by atoms with E-state index in [4.69, 9.17) is 4.42 Å². The van der Waals surface area contributed by atoms with E-state index in [1.807, 2.05) is 12.1 Å². The van der Waals surface area contributed by atoms with Crippen molar-refractivity contribution in [3.05, 3.63) is 52.4 Å². The molecule has 2 aromatic rings. The molecule has 0 atom stereocenters. The summed E-state index contributed by atoms with van der Waals surface area (Å²) in [5, 5.41) is 0. The Hall–Kier alpha value is -1.20. The van der Waals surface area contributed by atoms with E-state index in [9.17, 15) is 4.79 Å². The molecular formula is C13H12BrNO2S. The number of hydrogen-bond donors (Lipinski definition) is 1. The molecular weight excluding hydrogens is 314 g/mol. The zero-order valence-corrected chi connectivity index (χ0v) is 12.2. The van der Waals surface area contributed by atoms with Gasteiger partial charge in [0, 0.05) is 16.4 Å². The predicted octanol–water partition coefficient (Wildman–Crippen LogP) is 3.60. The van der Waals surface area contributed by atoms with Crippen LogP contribution in [0.5, 0.6) is 0 Å². The number of carbonyl (C=O) groups excluding carboxylic acids is 1. The average Bonchev–Trinajstić information content (AvgIpc) is 2.81. The van der Waals surface area contributed by atoms with E-state index in [-0.39, 0.29) is 5.91 Å². The highest BCUT2D eigenvalue weighted by Gasteiger charge is 2.15. The molecule has 2 rings (SSSR count). The van der Waals surface area contributed by atoms with Gasteiger partial charge in [0.05, 0.1) is 18.4 Å². The molecule has 0 radical (unpaired) electrons. The SMILES string of the molecule is CN(Cc1ccco1)C(=O)c1ccc(Br)cc1S. The molecule has 0 N–H and O–H groups in total. The van der Waals surface area contributed by atoms with Crippen molar-refractivity contribution in [3.8, 4) is 0 Å². The molecule has 1 heterocycles. The van der Waals surface area contributed by atoms with Crippen molar-refractivity contribution in [2.24, 2.45) is 0 Å². The normalized spacial score (nSPS) is 10.4. The maximum absolute atomic E-state index is 12.2. The summed E-state index contributed by atoms with van der Waals surface area (Å²) >= 11 is 7.66. The number of hydrogen-bond acceptors (Lipinski definition) is 3. The molecule has 0 aliphatic carbocycles. The van der Waals surface area contributed by atoms with Gasteiger partial charge in [0.2, 0.25) is 0 Å². The van der Waals surface area contributed by atoms with Crippen molar-refractivity contribution < 1.29 is 9.21 Å². The van der Waals surface area contributed by atoms with Gasteiger partial charge in [-0.15, -0.1) is 12.6 Å². The van der Waals surface area contributed by atoms with Crippen molar-refractivity contribution >= 4 is 34.5 Å². The van der Waals surface area contributed by atoms with Gasteiger partial charge in [-0.3, -0.25) is 4.79 Å². The first-order valence-corrected chi connectivity index (χ1v) is 6.58. The van der Waals surface area contributed by atoms with Crippen LogP contribution in [0.15, 0.2) is 50.4 Å². The Morgan fingerprint density at radius 3 is 2.83 bits per heavy atom. The van der Waals surface area contributed by atoms with Gasteiger partial charge in [-0.1, -0.05) is 15.9 Å². The highest BCUT2D eigenvalue weighted by molar-refractivity contribution is 9.10. The Morgan fingerprint density at radius 1 is 1.44 bits per heavy atom. The standard InChI is InChI=1S/C13H12BrNO2S/c1-15(8-10-3-2-6-17-10)13(16)11-5-4-9(14)7-12(11)18/h2-7,18H,8H2,1H3. The van der Waals surface area contributed by atoms with E-state index >= 15 is 0 Å². The maximum atomic E-state index is 12.2. The molecule has 0 saturated heterocycles. The van der Waals surface area contributed by atoms with E-state index in [0.29, 0.717) is 17.0 Å². The second kappa shape index (κ2) is 5.63. The smallest absolute Gasteiger partial charge is 0.255 e. The fourth-order valence-electron chi connectivity index (χ4n) is 1.60. The lowest BCUT2D eigenvalue weighted by Gasteiger charge is -2.16. The number of benzene rings is 1. The summed E-state index contributed by atoms with van der Waals surface area (Å²) in [4.78, 5) is 14.5. The van der Waals surface area contributed by atoms with Gasteiger partial charge in [-0.2, -0.15) is 0 Å². The highest BCUT2D eigenvalue weighted by Crippen LogP contribution is 2.21. The molecule has 1 aromatic carbocycles. The fraction of sp³-hybridized carbons (Fsp3) is 0.154. The van der Waals surface area contributed by atoms with Crippen LogP contribution in [0.2, 0.25) is 0 Å². The van der Waals surface area contributed by atoms with Gasteiger partial charge in [0.25, 0.3) is 5.91 Å². The first-order valence-electron chi connectivity index (χ1n) is 5.34. The number of carbonyl (C=O) groups is 1. The molecule has 5 heteroatoms.